The molecule has 0 bridgehead atoms. The Morgan fingerprint density at radius 1 is 1.62 bits per heavy atom. The van der Waals surface area contributed by atoms with Gasteiger partial charge in [-0.2, -0.15) is 11.8 Å². The maximum Gasteiger partial charge on any atom is 0.226 e. The van der Waals surface area contributed by atoms with Crippen LogP contribution in [0.4, 0.5) is 0 Å². The predicted molar refractivity (Wildman–Crippen MR) is 70.8 cm³/mol. The summed E-state index contributed by atoms with van der Waals surface area (Å²) < 4.78 is 0. The second-order valence-corrected chi connectivity index (χ2v) is 5.61. The maximum absolute atomic E-state index is 12.2. The molecule has 1 aliphatic rings. The number of hydrogen-bond acceptors (Lipinski definition) is 3. The average Bonchev–Trinajstić information content (AvgIpc) is 2.35. The van der Waals surface area contributed by atoms with Crippen molar-refractivity contribution in [2.75, 3.05) is 32.1 Å². The van der Waals surface area contributed by atoms with Crippen LogP contribution in [0.2, 0.25) is 0 Å². The van der Waals surface area contributed by atoms with Crippen molar-refractivity contribution in [3.05, 3.63) is 0 Å². The summed E-state index contributed by atoms with van der Waals surface area (Å²) in [5.41, 5.74) is 0. The van der Waals surface area contributed by atoms with Gasteiger partial charge in [0.1, 0.15) is 0 Å². The summed E-state index contributed by atoms with van der Waals surface area (Å²) in [6.45, 7) is 4.07. The summed E-state index contributed by atoms with van der Waals surface area (Å²) in [7, 11) is 1.95. The van der Waals surface area contributed by atoms with Crippen LogP contribution in [0.15, 0.2) is 0 Å². The standard InChI is InChI=1S/C12H24N2OS/c1-10(6-8-16-3)14(2)12(15)11-5-4-7-13-9-11/h10-11,13H,4-9H2,1-3H3. The highest BCUT2D eigenvalue weighted by molar-refractivity contribution is 7.98. The first kappa shape index (κ1) is 13.8. The zero-order valence-electron chi connectivity index (χ0n) is 10.7. The highest BCUT2D eigenvalue weighted by Crippen LogP contribution is 2.15. The molecule has 0 radical (unpaired) electrons. The predicted octanol–water partition coefficient (Wildman–Crippen LogP) is 1.59. The van der Waals surface area contributed by atoms with Gasteiger partial charge in [-0.15, -0.1) is 0 Å². The van der Waals surface area contributed by atoms with Crippen LogP contribution in [-0.4, -0.2) is 49.0 Å². The van der Waals surface area contributed by atoms with Crippen molar-refractivity contribution >= 4 is 17.7 Å². The fourth-order valence-corrected chi connectivity index (χ4v) is 2.63. The Kier molecular flexibility index (Phi) is 6.21. The molecule has 4 heteroatoms. The lowest BCUT2D eigenvalue weighted by atomic mass is 9.97. The minimum Gasteiger partial charge on any atom is -0.343 e. The lowest BCUT2D eigenvalue weighted by Gasteiger charge is -2.31. The molecule has 1 aliphatic heterocycles. The second kappa shape index (κ2) is 7.17. The largest absolute Gasteiger partial charge is 0.343 e. The molecule has 1 rings (SSSR count). The van der Waals surface area contributed by atoms with E-state index >= 15 is 0 Å². The van der Waals surface area contributed by atoms with E-state index < -0.39 is 0 Å². The summed E-state index contributed by atoms with van der Waals surface area (Å²) in [6, 6.07) is 0.363. The van der Waals surface area contributed by atoms with Crippen LogP contribution in [-0.2, 0) is 4.79 Å². The van der Waals surface area contributed by atoms with Crippen LogP contribution in [0.25, 0.3) is 0 Å². The summed E-state index contributed by atoms with van der Waals surface area (Å²) in [5.74, 6) is 1.65. The first-order valence-corrected chi connectivity index (χ1v) is 7.52. The zero-order valence-corrected chi connectivity index (χ0v) is 11.5. The first-order valence-electron chi connectivity index (χ1n) is 6.13. The number of rotatable bonds is 5. The highest BCUT2D eigenvalue weighted by Gasteiger charge is 2.25. The van der Waals surface area contributed by atoms with E-state index in [-0.39, 0.29) is 5.92 Å². The fourth-order valence-electron chi connectivity index (χ4n) is 2.05. The topological polar surface area (TPSA) is 32.3 Å². The van der Waals surface area contributed by atoms with Gasteiger partial charge in [-0.3, -0.25) is 4.79 Å². The van der Waals surface area contributed by atoms with Crippen LogP contribution < -0.4 is 5.32 Å². The lowest BCUT2D eigenvalue weighted by molar-refractivity contribution is -0.136. The summed E-state index contributed by atoms with van der Waals surface area (Å²) in [4.78, 5) is 14.1. The number of nitrogens with one attached hydrogen (secondary N) is 1. The molecule has 16 heavy (non-hydrogen) atoms. The van der Waals surface area contributed by atoms with Crippen molar-refractivity contribution in [1.82, 2.24) is 10.2 Å². The van der Waals surface area contributed by atoms with Crippen molar-refractivity contribution in [1.29, 1.82) is 0 Å². The van der Waals surface area contributed by atoms with E-state index in [9.17, 15) is 4.79 Å². The molecule has 1 N–H and O–H groups in total. The van der Waals surface area contributed by atoms with Crippen molar-refractivity contribution in [3.63, 3.8) is 0 Å². The van der Waals surface area contributed by atoms with Crippen molar-refractivity contribution in [2.24, 2.45) is 5.92 Å². The number of amides is 1. The molecule has 1 heterocycles. The van der Waals surface area contributed by atoms with E-state index in [1.165, 1.54) is 0 Å². The summed E-state index contributed by atoms with van der Waals surface area (Å²) in [6.07, 6.45) is 5.37. The molecule has 1 amide bonds. The van der Waals surface area contributed by atoms with Crippen LogP contribution in [0.3, 0.4) is 0 Å². The van der Waals surface area contributed by atoms with Crippen molar-refractivity contribution in [3.8, 4) is 0 Å². The number of hydrogen-bond donors (Lipinski definition) is 1. The summed E-state index contributed by atoms with van der Waals surface area (Å²) in [5, 5.41) is 3.30. The van der Waals surface area contributed by atoms with Gasteiger partial charge in [-0.05, 0) is 44.7 Å². The Labute approximate surface area is 103 Å². The fraction of sp³-hybridized carbons (Fsp3) is 0.917. The van der Waals surface area contributed by atoms with Gasteiger partial charge in [0.15, 0.2) is 0 Å². The van der Waals surface area contributed by atoms with Crippen molar-refractivity contribution < 1.29 is 4.79 Å². The maximum atomic E-state index is 12.2. The van der Waals surface area contributed by atoms with Gasteiger partial charge in [0, 0.05) is 19.6 Å². The molecule has 2 atom stereocenters. The monoisotopic (exact) mass is 244 g/mol. The van der Waals surface area contributed by atoms with E-state index in [0.29, 0.717) is 11.9 Å². The Morgan fingerprint density at radius 2 is 2.38 bits per heavy atom. The highest BCUT2D eigenvalue weighted by atomic mass is 32.2. The van der Waals surface area contributed by atoms with Gasteiger partial charge in [0.25, 0.3) is 0 Å². The molecule has 3 nitrogen and oxygen atoms in total. The number of thioether (sulfide) groups is 1. The SMILES string of the molecule is CSCCC(C)N(C)C(=O)C1CCCNC1. The Bertz CT molecular complexity index is 217. The molecule has 94 valence electrons. The molecule has 2 unspecified atom stereocenters. The number of carbonyl (C=O) groups excluding carboxylic acids is 1. The van der Waals surface area contributed by atoms with Gasteiger partial charge in [-0.1, -0.05) is 0 Å². The molecule has 1 fully saturated rings. The Hall–Kier alpha value is -0.220. The molecule has 0 saturated carbocycles. The minimum absolute atomic E-state index is 0.204. The van der Waals surface area contributed by atoms with Crippen LogP contribution >= 0.6 is 11.8 Å². The van der Waals surface area contributed by atoms with E-state index in [1.54, 1.807) is 0 Å². The average molecular weight is 244 g/mol. The molecule has 0 aromatic carbocycles. The normalized spacial score (nSPS) is 22.8. The molecule has 0 aliphatic carbocycles. The number of piperidine rings is 1. The molecule has 0 aromatic rings. The lowest BCUT2D eigenvalue weighted by Crippen LogP contribution is -2.44. The number of carbonyl (C=O) groups is 1. The van der Waals surface area contributed by atoms with Gasteiger partial charge in [0.05, 0.1) is 5.92 Å². The third kappa shape index (κ3) is 3.98. The Balaban J connectivity index is 2.38. The second-order valence-electron chi connectivity index (χ2n) is 4.62. The third-order valence-electron chi connectivity index (χ3n) is 3.39. The van der Waals surface area contributed by atoms with Gasteiger partial charge < -0.3 is 10.2 Å². The molecule has 0 aromatic heterocycles. The molecular formula is C12H24N2OS. The van der Waals surface area contributed by atoms with E-state index in [2.05, 4.69) is 18.5 Å². The minimum atomic E-state index is 0.204. The first-order chi connectivity index (χ1) is 7.66. The van der Waals surface area contributed by atoms with Crippen LogP contribution in [0.1, 0.15) is 26.2 Å². The van der Waals surface area contributed by atoms with E-state index in [0.717, 1.165) is 38.1 Å². The van der Waals surface area contributed by atoms with Crippen molar-refractivity contribution in [2.45, 2.75) is 32.2 Å². The van der Waals surface area contributed by atoms with Crippen LogP contribution in [0, 0.1) is 5.92 Å². The molecule has 0 spiro atoms. The number of nitrogens with zero attached hydrogens (tertiary/aromatic N) is 1. The summed E-state index contributed by atoms with van der Waals surface area (Å²) >= 11 is 1.84. The van der Waals surface area contributed by atoms with Gasteiger partial charge >= 0.3 is 0 Å². The van der Waals surface area contributed by atoms with Gasteiger partial charge in [-0.25, -0.2) is 0 Å². The zero-order chi connectivity index (χ0) is 12.0. The van der Waals surface area contributed by atoms with E-state index in [1.807, 2.05) is 23.7 Å². The third-order valence-corrected chi connectivity index (χ3v) is 4.04. The smallest absolute Gasteiger partial charge is 0.226 e. The quantitative estimate of drug-likeness (QED) is 0.797. The molecular weight excluding hydrogens is 220 g/mol. The van der Waals surface area contributed by atoms with E-state index in [4.69, 9.17) is 0 Å². The van der Waals surface area contributed by atoms with Crippen LogP contribution in [0.5, 0.6) is 0 Å². The Morgan fingerprint density at radius 3 is 2.94 bits per heavy atom. The molecule has 1 saturated heterocycles. The van der Waals surface area contributed by atoms with Gasteiger partial charge in [0.2, 0.25) is 5.91 Å².